The first-order valence-electron chi connectivity index (χ1n) is 13.4. The minimum atomic E-state index is -0.167. The average Bonchev–Trinajstić information content (AvgIpc) is 3.28. The van der Waals surface area contributed by atoms with Gasteiger partial charge in [-0.1, -0.05) is 88.4 Å². The molecule has 0 aliphatic carbocycles. The summed E-state index contributed by atoms with van der Waals surface area (Å²) >= 11 is 8.19. The molecule has 0 fully saturated rings. The number of nitrogens with zero attached hydrogens (tertiary/aromatic N) is 1. The van der Waals surface area contributed by atoms with Gasteiger partial charge in [-0.15, -0.1) is 11.8 Å². The van der Waals surface area contributed by atoms with Crippen molar-refractivity contribution < 1.29 is 9.53 Å². The first-order valence-corrected chi connectivity index (χ1v) is 14.8. The van der Waals surface area contributed by atoms with Gasteiger partial charge in [0.1, 0.15) is 5.75 Å². The molecule has 2 aromatic carbocycles. The van der Waals surface area contributed by atoms with Crippen LogP contribution < -0.4 is 10.1 Å². The summed E-state index contributed by atoms with van der Waals surface area (Å²) in [7, 11) is 0. The molecule has 0 aromatic heterocycles. The fourth-order valence-electron chi connectivity index (χ4n) is 4.32. The van der Waals surface area contributed by atoms with Crippen molar-refractivity contribution in [3.8, 4) is 5.75 Å². The second kappa shape index (κ2) is 15.9. The zero-order valence-electron chi connectivity index (χ0n) is 21.9. The summed E-state index contributed by atoms with van der Waals surface area (Å²) in [4.78, 5) is 16.5. The molecule has 1 N–H and O–H groups in total. The van der Waals surface area contributed by atoms with Crippen LogP contribution in [-0.4, -0.2) is 23.3 Å². The highest BCUT2D eigenvalue weighted by atomic mass is 35.5. The van der Waals surface area contributed by atoms with Crippen molar-refractivity contribution in [3.63, 3.8) is 0 Å². The number of thioether (sulfide) groups is 1. The monoisotopic (exact) mass is 528 g/mol. The van der Waals surface area contributed by atoms with Gasteiger partial charge in [0.25, 0.3) is 5.91 Å². The molecule has 1 amide bonds. The smallest absolute Gasteiger partial charge is 0.255 e. The molecule has 6 heteroatoms. The first kappa shape index (κ1) is 28.5. The summed E-state index contributed by atoms with van der Waals surface area (Å²) in [6.45, 7) is 5.83. The average molecular weight is 529 g/mol. The van der Waals surface area contributed by atoms with E-state index in [1.165, 1.54) is 56.3 Å². The maximum absolute atomic E-state index is 12.9. The second-order valence-corrected chi connectivity index (χ2v) is 11.2. The number of carbonyl (C=O) groups is 1. The molecule has 0 saturated heterocycles. The van der Waals surface area contributed by atoms with Crippen LogP contribution in [0.1, 0.15) is 94.0 Å². The van der Waals surface area contributed by atoms with Gasteiger partial charge in [-0.25, -0.2) is 0 Å². The van der Waals surface area contributed by atoms with Crippen LogP contribution >= 0.6 is 23.4 Å². The van der Waals surface area contributed by atoms with Gasteiger partial charge in [0.15, 0.2) is 0 Å². The van der Waals surface area contributed by atoms with Crippen LogP contribution in [0.15, 0.2) is 53.6 Å². The molecule has 0 radical (unpaired) electrons. The summed E-state index contributed by atoms with van der Waals surface area (Å²) < 4.78 is 5.93. The van der Waals surface area contributed by atoms with Crippen molar-refractivity contribution >= 4 is 35.0 Å². The standard InChI is InChI=1S/C30H41ClN2O2S/c1-3-4-5-6-7-8-9-10-11-12-18-35-29-20-26(16-17-28(29)31)30(34)32-27-15-13-14-25(19-27)22-33-21-24(2)36-23-33/h13-17,19-21H,3-12,18,22-23H2,1-2H3,(H,32,34). The molecule has 4 nitrogen and oxygen atoms in total. The quantitative estimate of drug-likeness (QED) is 0.220. The van der Waals surface area contributed by atoms with E-state index < -0.39 is 0 Å². The van der Waals surface area contributed by atoms with E-state index >= 15 is 0 Å². The number of hydrogen-bond donors (Lipinski definition) is 1. The summed E-state index contributed by atoms with van der Waals surface area (Å²) in [5, 5.41) is 3.55. The number of carbonyl (C=O) groups excluding carboxylic acids is 1. The van der Waals surface area contributed by atoms with Gasteiger partial charge >= 0.3 is 0 Å². The van der Waals surface area contributed by atoms with Crippen molar-refractivity contribution in [2.24, 2.45) is 0 Å². The van der Waals surface area contributed by atoms with Gasteiger partial charge in [-0.05, 0) is 54.1 Å². The molecule has 196 valence electrons. The number of benzene rings is 2. The lowest BCUT2D eigenvalue weighted by Gasteiger charge is -2.15. The van der Waals surface area contributed by atoms with E-state index in [1.807, 2.05) is 30.0 Å². The van der Waals surface area contributed by atoms with Crippen LogP contribution in [0.3, 0.4) is 0 Å². The third-order valence-electron chi connectivity index (χ3n) is 6.34. The Morgan fingerprint density at radius 2 is 1.72 bits per heavy atom. The third-order valence-corrected chi connectivity index (χ3v) is 7.68. The van der Waals surface area contributed by atoms with E-state index in [0.29, 0.717) is 22.9 Å². The number of nitrogens with one attached hydrogen (secondary N) is 1. The number of halogens is 1. The van der Waals surface area contributed by atoms with Gasteiger partial charge in [-0.2, -0.15) is 0 Å². The zero-order chi connectivity index (χ0) is 25.6. The highest BCUT2D eigenvalue weighted by Crippen LogP contribution is 2.28. The summed E-state index contributed by atoms with van der Waals surface area (Å²) in [5.41, 5.74) is 2.49. The van der Waals surface area contributed by atoms with Crippen molar-refractivity contribution in [1.29, 1.82) is 0 Å². The molecular weight excluding hydrogens is 488 g/mol. The lowest BCUT2D eigenvalue weighted by atomic mass is 10.1. The van der Waals surface area contributed by atoms with E-state index in [2.05, 4.69) is 36.3 Å². The van der Waals surface area contributed by atoms with Crippen LogP contribution in [0.25, 0.3) is 0 Å². The SMILES string of the molecule is CCCCCCCCCCCCOc1cc(C(=O)Nc2cccc(CN3C=C(C)SC3)c2)ccc1Cl. The van der Waals surface area contributed by atoms with Gasteiger partial charge in [0, 0.05) is 24.0 Å². The normalized spacial score (nSPS) is 13.1. The highest BCUT2D eigenvalue weighted by molar-refractivity contribution is 8.03. The number of ether oxygens (including phenoxy) is 1. The molecule has 1 aliphatic rings. The van der Waals surface area contributed by atoms with Crippen molar-refractivity contribution in [2.75, 3.05) is 17.8 Å². The number of unbranched alkanes of at least 4 members (excludes halogenated alkanes) is 9. The summed E-state index contributed by atoms with van der Waals surface area (Å²) in [5.74, 6) is 1.37. The van der Waals surface area contributed by atoms with Crippen LogP contribution in [0.4, 0.5) is 5.69 Å². The van der Waals surface area contributed by atoms with E-state index in [1.54, 1.807) is 18.2 Å². The molecule has 1 aliphatic heterocycles. The van der Waals surface area contributed by atoms with Crippen LogP contribution in [-0.2, 0) is 6.54 Å². The van der Waals surface area contributed by atoms with Gasteiger partial charge in [-0.3, -0.25) is 4.79 Å². The topological polar surface area (TPSA) is 41.6 Å². The third kappa shape index (κ3) is 10.1. The maximum Gasteiger partial charge on any atom is 0.255 e. The Kier molecular flexibility index (Phi) is 12.6. The molecule has 0 saturated carbocycles. The largest absolute Gasteiger partial charge is 0.492 e. The fraction of sp³-hybridized carbons (Fsp3) is 0.500. The van der Waals surface area contributed by atoms with E-state index in [9.17, 15) is 4.79 Å². The Balaban J connectivity index is 1.41. The molecule has 1 heterocycles. The predicted molar refractivity (Wildman–Crippen MR) is 155 cm³/mol. The lowest BCUT2D eigenvalue weighted by Crippen LogP contribution is -2.14. The Morgan fingerprint density at radius 3 is 2.42 bits per heavy atom. The Hall–Kier alpha value is -2.11. The van der Waals surface area contributed by atoms with E-state index in [4.69, 9.17) is 16.3 Å². The van der Waals surface area contributed by atoms with Crippen LogP contribution in [0, 0.1) is 0 Å². The first-order chi connectivity index (χ1) is 17.5. The number of hydrogen-bond acceptors (Lipinski definition) is 4. The van der Waals surface area contributed by atoms with E-state index in [0.717, 1.165) is 36.5 Å². The number of anilines is 1. The Morgan fingerprint density at radius 1 is 1.00 bits per heavy atom. The molecule has 0 bridgehead atoms. The van der Waals surface area contributed by atoms with Crippen LogP contribution in [0.5, 0.6) is 5.75 Å². The molecule has 2 aromatic rings. The molecule has 0 spiro atoms. The Bertz CT molecular complexity index is 995. The molecule has 0 atom stereocenters. The lowest BCUT2D eigenvalue weighted by molar-refractivity contribution is 0.102. The number of rotatable bonds is 16. The highest BCUT2D eigenvalue weighted by Gasteiger charge is 2.13. The minimum Gasteiger partial charge on any atom is -0.492 e. The number of allylic oxidation sites excluding steroid dienone is 1. The zero-order valence-corrected chi connectivity index (χ0v) is 23.4. The summed E-state index contributed by atoms with van der Waals surface area (Å²) in [6.07, 6.45) is 15.0. The fourth-order valence-corrected chi connectivity index (χ4v) is 5.25. The maximum atomic E-state index is 12.9. The van der Waals surface area contributed by atoms with Crippen molar-refractivity contribution in [1.82, 2.24) is 4.90 Å². The summed E-state index contributed by atoms with van der Waals surface area (Å²) in [6, 6.07) is 13.2. The predicted octanol–water partition coefficient (Wildman–Crippen LogP) is 9.26. The van der Waals surface area contributed by atoms with Crippen molar-refractivity contribution in [2.45, 2.75) is 84.6 Å². The van der Waals surface area contributed by atoms with Gasteiger partial charge in [0.05, 0.1) is 17.5 Å². The van der Waals surface area contributed by atoms with E-state index in [-0.39, 0.29) is 5.91 Å². The van der Waals surface area contributed by atoms with Crippen molar-refractivity contribution in [3.05, 3.63) is 69.7 Å². The Labute approximate surface area is 226 Å². The van der Waals surface area contributed by atoms with Gasteiger partial charge < -0.3 is 15.0 Å². The molecule has 3 rings (SSSR count). The molecule has 36 heavy (non-hydrogen) atoms. The minimum absolute atomic E-state index is 0.167. The van der Waals surface area contributed by atoms with Crippen LogP contribution in [0.2, 0.25) is 5.02 Å². The molecule has 0 unspecified atom stereocenters. The molecular formula is C30H41ClN2O2S. The van der Waals surface area contributed by atoms with Gasteiger partial charge in [0.2, 0.25) is 0 Å². The second-order valence-electron chi connectivity index (χ2n) is 9.59. The number of amides is 1.